The van der Waals surface area contributed by atoms with Crippen molar-refractivity contribution in [3.63, 3.8) is 0 Å². The fourth-order valence-electron chi connectivity index (χ4n) is 3.23. The number of rotatable bonds is 3. The van der Waals surface area contributed by atoms with E-state index >= 15 is 0 Å². The molecular formula is C19H19N3O4S. The van der Waals surface area contributed by atoms with Crippen molar-refractivity contribution in [1.29, 1.82) is 0 Å². The van der Waals surface area contributed by atoms with E-state index in [2.05, 4.69) is 4.98 Å². The normalized spacial score (nSPS) is 13.5. The largest absolute Gasteiger partial charge is 0.497 e. The number of hydrogen-bond donors (Lipinski definition) is 1. The monoisotopic (exact) mass is 385 g/mol. The maximum atomic E-state index is 12.6. The SMILES string of the molecule is CCOC(=O)N1CCc2sc3c(=O)[nH]c(-c4cccc(OC)c4)nc3c2C1. The van der Waals surface area contributed by atoms with E-state index in [1.54, 1.807) is 18.9 Å². The summed E-state index contributed by atoms with van der Waals surface area (Å²) in [5.41, 5.74) is 2.20. The van der Waals surface area contributed by atoms with Crippen molar-refractivity contribution in [2.45, 2.75) is 19.9 Å². The number of aromatic amines is 1. The molecular weight excluding hydrogens is 366 g/mol. The van der Waals surface area contributed by atoms with Crippen LogP contribution in [-0.4, -0.2) is 41.2 Å². The van der Waals surface area contributed by atoms with Crippen LogP contribution in [0.4, 0.5) is 4.79 Å². The molecule has 4 rings (SSSR count). The topological polar surface area (TPSA) is 84.5 Å². The maximum Gasteiger partial charge on any atom is 0.410 e. The number of carbonyl (C=O) groups is 1. The van der Waals surface area contributed by atoms with Gasteiger partial charge in [0.2, 0.25) is 0 Å². The average molecular weight is 385 g/mol. The zero-order valence-corrected chi connectivity index (χ0v) is 15.9. The number of nitrogens with one attached hydrogen (secondary N) is 1. The Morgan fingerprint density at radius 3 is 3.04 bits per heavy atom. The third-order valence-electron chi connectivity index (χ3n) is 4.55. The Hall–Kier alpha value is -2.87. The van der Waals surface area contributed by atoms with Gasteiger partial charge >= 0.3 is 6.09 Å². The highest BCUT2D eigenvalue weighted by atomic mass is 32.1. The van der Waals surface area contributed by atoms with Crippen molar-refractivity contribution in [2.75, 3.05) is 20.3 Å². The first-order valence-corrected chi connectivity index (χ1v) is 9.53. The molecule has 0 unspecified atom stereocenters. The lowest BCUT2D eigenvalue weighted by atomic mass is 10.1. The second-order valence-corrected chi connectivity index (χ2v) is 7.30. The standard InChI is InChI=1S/C19H19N3O4S/c1-3-26-19(24)22-8-7-14-13(10-22)15-16(27-14)18(23)21-17(20-15)11-5-4-6-12(9-11)25-2/h4-6,9H,3,7-8,10H2,1-2H3,(H,20,21,23). The molecule has 0 atom stereocenters. The molecule has 1 aromatic carbocycles. The molecule has 0 aliphatic carbocycles. The fourth-order valence-corrected chi connectivity index (χ4v) is 4.36. The summed E-state index contributed by atoms with van der Waals surface area (Å²) >= 11 is 1.46. The lowest BCUT2D eigenvalue weighted by Crippen LogP contribution is -2.35. The first-order valence-electron chi connectivity index (χ1n) is 8.71. The summed E-state index contributed by atoms with van der Waals surface area (Å²) in [6.07, 6.45) is 0.365. The minimum atomic E-state index is -0.333. The Bertz CT molecular complexity index is 1070. The summed E-state index contributed by atoms with van der Waals surface area (Å²) in [5.74, 6) is 1.18. The molecule has 0 fully saturated rings. The van der Waals surface area contributed by atoms with Crippen LogP contribution >= 0.6 is 11.3 Å². The van der Waals surface area contributed by atoms with Gasteiger partial charge in [0.05, 0.1) is 25.8 Å². The van der Waals surface area contributed by atoms with E-state index in [0.29, 0.717) is 47.9 Å². The summed E-state index contributed by atoms with van der Waals surface area (Å²) in [7, 11) is 1.59. The number of nitrogens with zero attached hydrogens (tertiary/aromatic N) is 2. The molecule has 7 nitrogen and oxygen atoms in total. The van der Waals surface area contributed by atoms with Gasteiger partial charge in [-0.25, -0.2) is 9.78 Å². The molecule has 3 aromatic rings. The van der Waals surface area contributed by atoms with E-state index in [1.807, 2.05) is 24.3 Å². The van der Waals surface area contributed by atoms with Gasteiger partial charge in [-0.3, -0.25) is 4.79 Å². The van der Waals surface area contributed by atoms with Crippen LogP contribution < -0.4 is 10.3 Å². The third kappa shape index (κ3) is 3.16. The Morgan fingerprint density at radius 1 is 1.41 bits per heavy atom. The number of fused-ring (bicyclic) bond motifs is 3. The van der Waals surface area contributed by atoms with Crippen molar-refractivity contribution in [3.8, 4) is 17.1 Å². The van der Waals surface area contributed by atoms with Crippen LogP contribution in [0.3, 0.4) is 0 Å². The molecule has 1 aliphatic heterocycles. The molecule has 8 heteroatoms. The van der Waals surface area contributed by atoms with Crippen molar-refractivity contribution in [1.82, 2.24) is 14.9 Å². The molecule has 0 spiro atoms. The van der Waals surface area contributed by atoms with Crippen LogP contribution in [0.15, 0.2) is 29.1 Å². The van der Waals surface area contributed by atoms with Gasteiger partial charge in [-0.05, 0) is 25.5 Å². The predicted molar refractivity (Wildman–Crippen MR) is 103 cm³/mol. The number of carbonyl (C=O) groups excluding carboxylic acids is 1. The van der Waals surface area contributed by atoms with Crippen molar-refractivity contribution >= 4 is 27.6 Å². The first kappa shape index (κ1) is 17.5. The highest BCUT2D eigenvalue weighted by Crippen LogP contribution is 2.33. The minimum Gasteiger partial charge on any atom is -0.497 e. The molecule has 0 saturated heterocycles. The van der Waals surface area contributed by atoms with Crippen molar-refractivity contribution < 1.29 is 14.3 Å². The summed E-state index contributed by atoms with van der Waals surface area (Å²) in [6, 6.07) is 7.39. The van der Waals surface area contributed by atoms with Gasteiger partial charge in [-0.15, -0.1) is 11.3 Å². The molecule has 1 N–H and O–H groups in total. The van der Waals surface area contributed by atoms with E-state index in [9.17, 15) is 9.59 Å². The zero-order chi connectivity index (χ0) is 19.0. The van der Waals surface area contributed by atoms with Gasteiger partial charge in [0.15, 0.2) is 0 Å². The lowest BCUT2D eigenvalue weighted by molar-refractivity contribution is 0.103. The first-order chi connectivity index (χ1) is 13.1. The van der Waals surface area contributed by atoms with Gasteiger partial charge in [-0.2, -0.15) is 0 Å². The number of thiophene rings is 1. The summed E-state index contributed by atoms with van der Waals surface area (Å²) in [6.45, 7) is 3.11. The van der Waals surface area contributed by atoms with Crippen LogP contribution in [0, 0.1) is 0 Å². The Balaban J connectivity index is 1.79. The van der Waals surface area contributed by atoms with Gasteiger partial charge in [0.25, 0.3) is 5.56 Å². The van der Waals surface area contributed by atoms with Gasteiger partial charge in [0, 0.05) is 22.5 Å². The van der Waals surface area contributed by atoms with E-state index < -0.39 is 0 Å². The van der Waals surface area contributed by atoms with Gasteiger partial charge in [0.1, 0.15) is 16.3 Å². The fraction of sp³-hybridized carbons (Fsp3) is 0.316. The van der Waals surface area contributed by atoms with Crippen LogP contribution in [0.25, 0.3) is 21.6 Å². The third-order valence-corrected chi connectivity index (χ3v) is 5.83. The number of amides is 1. The number of ether oxygens (including phenoxy) is 2. The van der Waals surface area contributed by atoms with Crippen molar-refractivity contribution in [3.05, 3.63) is 45.1 Å². The number of aromatic nitrogens is 2. The zero-order valence-electron chi connectivity index (χ0n) is 15.1. The molecule has 0 saturated carbocycles. The summed E-state index contributed by atoms with van der Waals surface area (Å²) in [5, 5.41) is 0. The lowest BCUT2D eigenvalue weighted by Gasteiger charge is -2.26. The van der Waals surface area contributed by atoms with Crippen LogP contribution in [-0.2, 0) is 17.7 Å². The number of hydrogen-bond acceptors (Lipinski definition) is 6. The second kappa shape index (κ2) is 7.03. The maximum absolute atomic E-state index is 12.6. The average Bonchev–Trinajstić information content (AvgIpc) is 3.07. The Kier molecular flexibility index (Phi) is 4.57. The van der Waals surface area contributed by atoms with Crippen LogP contribution in [0.2, 0.25) is 0 Å². The molecule has 3 heterocycles. The van der Waals surface area contributed by atoms with Crippen LogP contribution in [0.1, 0.15) is 17.4 Å². The molecule has 2 aromatic heterocycles. The molecule has 140 valence electrons. The predicted octanol–water partition coefficient (Wildman–Crippen LogP) is 3.17. The highest BCUT2D eigenvalue weighted by Gasteiger charge is 2.27. The number of methoxy groups -OCH3 is 1. The summed E-state index contributed by atoms with van der Waals surface area (Å²) in [4.78, 5) is 35.1. The molecule has 0 bridgehead atoms. The van der Waals surface area contributed by atoms with E-state index in [4.69, 9.17) is 14.5 Å². The molecule has 27 heavy (non-hydrogen) atoms. The molecule has 0 radical (unpaired) electrons. The van der Waals surface area contributed by atoms with Gasteiger partial charge < -0.3 is 19.4 Å². The molecule has 1 amide bonds. The van der Waals surface area contributed by atoms with E-state index in [1.165, 1.54) is 11.3 Å². The number of H-pyrrole nitrogens is 1. The summed E-state index contributed by atoms with van der Waals surface area (Å²) < 4.78 is 11.0. The quantitative estimate of drug-likeness (QED) is 0.749. The Labute approximate surface area is 159 Å². The highest BCUT2D eigenvalue weighted by molar-refractivity contribution is 7.19. The van der Waals surface area contributed by atoms with Gasteiger partial charge in [-0.1, -0.05) is 12.1 Å². The Morgan fingerprint density at radius 2 is 2.26 bits per heavy atom. The minimum absolute atomic E-state index is 0.167. The van der Waals surface area contributed by atoms with Crippen molar-refractivity contribution in [2.24, 2.45) is 0 Å². The smallest absolute Gasteiger partial charge is 0.410 e. The second-order valence-electron chi connectivity index (χ2n) is 6.20. The van der Waals surface area contributed by atoms with E-state index in [0.717, 1.165) is 16.0 Å². The van der Waals surface area contributed by atoms with E-state index in [-0.39, 0.29) is 11.7 Å². The number of benzene rings is 1. The molecule has 1 aliphatic rings. The van der Waals surface area contributed by atoms with Crippen LogP contribution in [0.5, 0.6) is 5.75 Å².